The molecular formula is C25H29N9O4S. The predicted molar refractivity (Wildman–Crippen MR) is 144 cm³/mol. The molecule has 5 rings (SSSR count). The van der Waals surface area contributed by atoms with Crippen LogP contribution in [0.5, 0.6) is 5.88 Å². The van der Waals surface area contributed by atoms with Gasteiger partial charge in [0.2, 0.25) is 15.9 Å². The van der Waals surface area contributed by atoms with Crippen molar-refractivity contribution in [2.24, 2.45) is 11.1 Å². The van der Waals surface area contributed by atoms with Crippen molar-refractivity contribution >= 4 is 27.0 Å². The smallest absolute Gasteiger partial charge is 0.294 e. The van der Waals surface area contributed by atoms with E-state index >= 15 is 0 Å². The highest BCUT2D eigenvalue weighted by molar-refractivity contribution is 7.89. The number of ether oxygens (including phenoxy) is 1. The second kappa shape index (κ2) is 10.3. The molecule has 0 radical (unpaired) electrons. The van der Waals surface area contributed by atoms with Crippen molar-refractivity contribution in [1.29, 1.82) is 0 Å². The summed E-state index contributed by atoms with van der Waals surface area (Å²) in [6.45, 7) is 6.38. The van der Waals surface area contributed by atoms with Gasteiger partial charge >= 0.3 is 0 Å². The first kappa shape index (κ1) is 26.6. The van der Waals surface area contributed by atoms with Crippen LogP contribution in [0, 0.1) is 12.8 Å². The maximum absolute atomic E-state index is 13.6. The molecule has 0 unspecified atom stereocenters. The van der Waals surface area contributed by atoms with E-state index in [0.29, 0.717) is 52.3 Å². The molecule has 14 heteroatoms. The lowest BCUT2D eigenvalue weighted by atomic mass is 10.1. The maximum atomic E-state index is 13.6. The number of aromatic nitrogens is 7. The van der Waals surface area contributed by atoms with Crippen LogP contribution in [0.1, 0.15) is 49.7 Å². The molecule has 204 valence electrons. The summed E-state index contributed by atoms with van der Waals surface area (Å²) >= 11 is 0. The van der Waals surface area contributed by atoms with Crippen LogP contribution in [-0.4, -0.2) is 50.0 Å². The fourth-order valence-electron chi connectivity index (χ4n) is 4.29. The number of fused-ring (bicyclic) bond motifs is 1. The Morgan fingerprint density at radius 3 is 2.54 bits per heavy atom. The van der Waals surface area contributed by atoms with Gasteiger partial charge in [0, 0.05) is 18.7 Å². The lowest BCUT2D eigenvalue weighted by molar-refractivity contribution is 0.397. The van der Waals surface area contributed by atoms with E-state index in [9.17, 15) is 13.2 Å². The molecule has 0 saturated heterocycles. The van der Waals surface area contributed by atoms with Crippen molar-refractivity contribution in [2.75, 3.05) is 12.4 Å². The zero-order valence-corrected chi connectivity index (χ0v) is 22.9. The van der Waals surface area contributed by atoms with Crippen LogP contribution in [-0.2, 0) is 23.1 Å². The quantitative estimate of drug-likeness (QED) is 0.311. The molecule has 4 heterocycles. The predicted octanol–water partition coefficient (Wildman–Crippen LogP) is 2.15. The molecule has 0 aliphatic heterocycles. The Morgan fingerprint density at radius 1 is 1.15 bits per heavy atom. The molecule has 3 N–H and O–H groups in total. The third kappa shape index (κ3) is 5.43. The number of hydrogen-bond donors (Lipinski definition) is 2. The largest absolute Gasteiger partial charge is 0.480 e. The van der Waals surface area contributed by atoms with E-state index in [0.717, 1.165) is 18.5 Å². The SMILES string of the molecule is COc1ncnc(C2CC2)c1-c1nc(C)c2nc(NCc3ccc(S(N)(=O)=O)cn3)c(=O)n(CC(C)C)c2n1. The molecule has 1 aliphatic rings. The number of methoxy groups -OCH3 is 1. The van der Waals surface area contributed by atoms with Crippen LogP contribution < -0.4 is 20.8 Å². The molecular weight excluding hydrogens is 522 g/mol. The first-order valence-corrected chi connectivity index (χ1v) is 14.0. The van der Waals surface area contributed by atoms with E-state index in [2.05, 4.69) is 25.3 Å². The first-order chi connectivity index (χ1) is 18.6. The minimum Gasteiger partial charge on any atom is -0.480 e. The van der Waals surface area contributed by atoms with E-state index in [-0.39, 0.29) is 28.7 Å². The molecule has 1 aliphatic carbocycles. The molecule has 0 amide bonds. The zero-order valence-electron chi connectivity index (χ0n) is 22.0. The first-order valence-electron chi connectivity index (χ1n) is 12.5. The molecule has 39 heavy (non-hydrogen) atoms. The number of aryl methyl sites for hydroxylation is 1. The normalized spacial score (nSPS) is 13.7. The molecule has 1 fully saturated rings. The van der Waals surface area contributed by atoms with Crippen molar-refractivity contribution in [3.05, 3.63) is 52.1 Å². The molecule has 0 atom stereocenters. The van der Waals surface area contributed by atoms with E-state index in [4.69, 9.17) is 19.8 Å². The van der Waals surface area contributed by atoms with Crippen LogP contribution in [0.25, 0.3) is 22.6 Å². The third-order valence-electron chi connectivity index (χ3n) is 6.30. The van der Waals surface area contributed by atoms with E-state index in [1.165, 1.54) is 24.7 Å². The summed E-state index contributed by atoms with van der Waals surface area (Å²) in [5, 5.41) is 8.18. The molecule has 1 saturated carbocycles. The summed E-state index contributed by atoms with van der Waals surface area (Å²) < 4.78 is 30.1. The second-order valence-corrected chi connectivity index (χ2v) is 11.4. The number of nitrogens with one attached hydrogen (secondary N) is 1. The highest BCUT2D eigenvalue weighted by atomic mass is 32.2. The Bertz CT molecular complexity index is 1720. The van der Waals surface area contributed by atoms with Crippen LogP contribution in [0.3, 0.4) is 0 Å². The lowest BCUT2D eigenvalue weighted by Gasteiger charge is -2.17. The van der Waals surface area contributed by atoms with Gasteiger partial charge in [0.15, 0.2) is 17.3 Å². The zero-order chi connectivity index (χ0) is 27.9. The average molecular weight is 552 g/mol. The second-order valence-electron chi connectivity index (χ2n) is 9.88. The summed E-state index contributed by atoms with van der Waals surface area (Å²) in [4.78, 5) is 40.5. The fraction of sp³-hybridized carbons (Fsp3) is 0.400. The number of hydrogen-bond acceptors (Lipinski definition) is 11. The molecule has 4 aromatic heterocycles. The van der Waals surface area contributed by atoms with Crippen molar-refractivity contribution < 1.29 is 13.2 Å². The molecule has 0 spiro atoms. The highest BCUT2D eigenvalue weighted by Crippen LogP contribution is 2.45. The number of pyridine rings is 1. The number of anilines is 1. The summed E-state index contributed by atoms with van der Waals surface area (Å²) in [5.41, 5.74) is 3.09. The average Bonchev–Trinajstić information content (AvgIpc) is 3.74. The molecule has 0 aromatic carbocycles. The number of sulfonamides is 1. The van der Waals surface area contributed by atoms with Gasteiger partial charge in [-0.25, -0.2) is 38.5 Å². The third-order valence-corrected chi connectivity index (χ3v) is 7.20. The van der Waals surface area contributed by atoms with E-state index in [1.54, 1.807) is 11.7 Å². The standard InChI is InChI=1S/C25H29N9O4S/c1-13(2)11-34-23-19(32-22(25(34)35)28-9-16-7-8-17(10-27-16)39(26,36)37)14(3)31-21(33-23)18-20(15-5-6-15)29-12-30-24(18)38-4/h7-8,10,12-13,15H,5-6,9,11H2,1-4H3,(H,28,32)(H2,26,36,37). The summed E-state index contributed by atoms with van der Waals surface area (Å²) in [5.74, 6) is 1.32. The molecule has 13 nitrogen and oxygen atoms in total. The molecule has 4 aromatic rings. The minimum atomic E-state index is -3.85. The lowest BCUT2D eigenvalue weighted by Crippen LogP contribution is -2.28. The van der Waals surface area contributed by atoms with Crippen molar-refractivity contribution in [2.45, 2.75) is 57.5 Å². The Balaban J connectivity index is 1.59. The number of primary sulfonamides is 1. The van der Waals surface area contributed by atoms with E-state index in [1.807, 2.05) is 20.8 Å². The summed E-state index contributed by atoms with van der Waals surface area (Å²) in [7, 11) is -2.31. The van der Waals surface area contributed by atoms with E-state index < -0.39 is 10.0 Å². The fourth-order valence-corrected chi connectivity index (χ4v) is 4.74. The van der Waals surface area contributed by atoms with Gasteiger partial charge in [-0.1, -0.05) is 13.8 Å². The van der Waals surface area contributed by atoms with Gasteiger partial charge in [-0.3, -0.25) is 14.3 Å². The molecule has 0 bridgehead atoms. The van der Waals surface area contributed by atoms with Crippen molar-refractivity contribution in [3.63, 3.8) is 0 Å². The monoisotopic (exact) mass is 551 g/mol. The van der Waals surface area contributed by atoms with Crippen LogP contribution in [0.15, 0.2) is 34.3 Å². The van der Waals surface area contributed by atoms with Crippen molar-refractivity contribution in [3.8, 4) is 17.3 Å². The number of nitrogens with zero attached hydrogens (tertiary/aromatic N) is 7. The maximum Gasteiger partial charge on any atom is 0.294 e. The number of rotatable bonds is 9. The topological polar surface area (TPSA) is 181 Å². The van der Waals surface area contributed by atoms with Gasteiger partial charge in [-0.2, -0.15) is 0 Å². The van der Waals surface area contributed by atoms with Crippen LogP contribution in [0.2, 0.25) is 0 Å². The summed E-state index contributed by atoms with van der Waals surface area (Å²) in [6, 6.07) is 2.88. The van der Waals surface area contributed by atoms with Crippen LogP contribution >= 0.6 is 0 Å². The Morgan fingerprint density at radius 2 is 1.92 bits per heavy atom. The Labute approximate surface area is 225 Å². The summed E-state index contributed by atoms with van der Waals surface area (Å²) in [6.07, 6.45) is 4.70. The van der Waals surface area contributed by atoms with Gasteiger partial charge < -0.3 is 10.1 Å². The van der Waals surface area contributed by atoms with Gasteiger partial charge in [0.05, 0.1) is 30.7 Å². The van der Waals surface area contributed by atoms with Gasteiger partial charge in [0.1, 0.15) is 22.3 Å². The Hall–Kier alpha value is -4.04. The van der Waals surface area contributed by atoms with Gasteiger partial charge in [0.25, 0.3) is 5.56 Å². The number of nitrogens with two attached hydrogens (primary N) is 1. The minimum absolute atomic E-state index is 0.0942. The van der Waals surface area contributed by atoms with Gasteiger partial charge in [-0.15, -0.1) is 0 Å². The van der Waals surface area contributed by atoms with Crippen molar-refractivity contribution in [1.82, 2.24) is 34.5 Å². The van der Waals surface area contributed by atoms with Gasteiger partial charge in [-0.05, 0) is 37.8 Å². The highest BCUT2D eigenvalue weighted by Gasteiger charge is 2.32. The van der Waals surface area contributed by atoms with Crippen LogP contribution in [0.4, 0.5) is 5.82 Å². The Kier molecular flexibility index (Phi) is 6.99.